The van der Waals surface area contributed by atoms with Gasteiger partial charge in [-0.3, -0.25) is 4.79 Å². The molecule has 0 unspecified atom stereocenters. The van der Waals surface area contributed by atoms with Gasteiger partial charge < -0.3 is 10.0 Å². The highest BCUT2D eigenvalue weighted by Gasteiger charge is 2.49. The number of amides is 1. The molecule has 1 aliphatic heterocycles. The van der Waals surface area contributed by atoms with Crippen LogP contribution < -0.4 is 0 Å². The van der Waals surface area contributed by atoms with Gasteiger partial charge in [0.15, 0.2) is 11.6 Å². The smallest absolute Gasteiger partial charge is 0.326 e. The number of hydrogen-bond acceptors (Lipinski definition) is 2. The number of halogens is 2. The van der Waals surface area contributed by atoms with Crippen LogP contribution in [0.2, 0.25) is 0 Å². The minimum Gasteiger partial charge on any atom is -0.480 e. The monoisotopic (exact) mass is 309 g/mol. The Bertz CT molecular complexity index is 619. The third-order valence-electron chi connectivity index (χ3n) is 4.56. The quantitative estimate of drug-likeness (QED) is 0.933. The highest BCUT2D eigenvalue weighted by molar-refractivity contribution is 5.87. The fourth-order valence-corrected chi connectivity index (χ4v) is 3.28. The van der Waals surface area contributed by atoms with Crippen LogP contribution in [0.5, 0.6) is 0 Å². The van der Waals surface area contributed by atoms with E-state index >= 15 is 0 Å². The van der Waals surface area contributed by atoms with Crippen LogP contribution in [0.4, 0.5) is 8.78 Å². The number of piperidine rings is 1. The van der Waals surface area contributed by atoms with E-state index in [1.807, 2.05) is 0 Å². The molecule has 1 N–H and O–H groups in total. The minimum absolute atomic E-state index is 0.210. The van der Waals surface area contributed by atoms with Crippen molar-refractivity contribution in [2.45, 2.75) is 37.6 Å². The van der Waals surface area contributed by atoms with E-state index in [2.05, 4.69) is 0 Å². The van der Waals surface area contributed by atoms with Crippen LogP contribution in [0.3, 0.4) is 0 Å². The molecule has 1 aromatic carbocycles. The van der Waals surface area contributed by atoms with E-state index < -0.39 is 29.6 Å². The lowest BCUT2D eigenvalue weighted by Crippen LogP contribution is -2.48. The first-order chi connectivity index (χ1) is 10.5. The van der Waals surface area contributed by atoms with Crippen LogP contribution in [-0.4, -0.2) is 34.5 Å². The van der Waals surface area contributed by atoms with Crippen molar-refractivity contribution in [3.63, 3.8) is 0 Å². The number of carbonyl (C=O) groups is 2. The first-order valence-corrected chi connectivity index (χ1v) is 7.48. The van der Waals surface area contributed by atoms with Crippen molar-refractivity contribution in [3.8, 4) is 0 Å². The molecule has 118 valence electrons. The van der Waals surface area contributed by atoms with Gasteiger partial charge in [0.2, 0.25) is 5.91 Å². The molecule has 0 aromatic heterocycles. The van der Waals surface area contributed by atoms with Crippen molar-refractivity contribution in [2.75, 3.05) is 6.54 Å². The van der Waals surface area contributed by atoms with Crippen molar-refractivity contribution in [1.82, 2.24) is 4.90 Å². The van der Waals surface area contributed by atoms with Gasteiger partial charge in [-0.15, -0.1) is 0 Å². The van der Waals surface area contributed by atoms with E-state index in [1.165, 1.54) is 17.0 Å². The van der Waals surface area contributed by atoms with E-state index in [4.69, 9.17) is 0 Å². The Kier molecular flexibility index (Phi) is 3.85. The lowest BCUT2D eigenvalue weighted by Gasteiger charge is -2.33. The summed E-state index contributed by atoms with van der Waals surface area (Å²) in [6.07, 6.45) is 2.46. The highest BCUT2D eigenvalue weighted by Crippen LogP contribution is 2.50. The van der Waals surface area contributed by atoms with Crippen LogP contribution in [0.15, 0.2) is 18.2 Å². The average molecular weight is 309 g/mol. The van der Waals surface area contributed by atoms with E-state index in [1.54, 1.807) is 0 Å². The third-order valence-corrected chi connectivity index (χ3v) is 4.56. The summed E-state index contributed by atoms with van der Waals surface area (Å²) in [4.78, 5) is 25.2. The Labute approximate surface area is 126 Å². The minimum atomic E-state index is -0.998. The van der Waals surface area contributed by atoms with Crippen LogP contribution in [0.1, 0.15) is 37.2 Å². The maximum absolute atomic E-state index is 13.8. The van der Waals surface area contributed by atoms with E-state index in [-0.39, 0.29) is 17.4 Å². The van der Waals surface area contributed by atoms with Crippen molar-refractivity contribution in [1.29, 1.82) is 0 Å². The molecule has 0 spiro atoms. The predicted octanol–water partition coefficient (Wildman–Crippen LogP) is 2.53. The molecule has 2 aliphatic rings. The molecule has 4 nitrogen and oxygen atoms in total. The SMILES string of the molecule is O=C(O)[C@@H]1CCCCN1C(=O)[C@@H]1C[C@H]1c1cccc(F)c1F. The zero-order valence-corrected chi connectivity index (χ0v) is 12.0. The molecule has 1 aliphatic carbocycles. The standard InChI is InChI=1S/C16H17F2NO3/c17-12-5-3-4-9(14(12)18)10-8-11(10)15(20)19-7-2-1-6-13(19)16(21)22/h3-5,10-11,13H,1-2,6-8H2,(H,21,22)/t10-,11+,13-/m0/s1. The van der Waals surface area contributed by atoms with Crippen LogP contribution in [0.25, 0.3) is 0 Å². The molecule has 1 heterocycles. The number of carboxylic acids is 1. The summed E-state index contributed by atoms with van der Waals surface area (Å²) in [5.74, 6) is -3.85. The molecule has 3 atom stereocenters. The summed E-state index contributed by atoms with van der Waals surface area (Å²) < 4.78 is 27.1. The molecule has 1 saturated carbocycles. The van der Waals surface area contributed by atoms with Gasteiger partial charge in [-0.25, -0.2) is 13.6 Å². The van der Waals surface area contributed by atoms with Gasteiger partial charge in [-0.2, -0.15) is 0 Å². The number of hydrogen-bond donors (Lipinski definition) is 1. The maximum atomic E-state index is 13.8. The summed E-state index contributed by atoms with van der Waals surface area (Å²) in [6.45, 7) is 0.421. The summed E-state index contributed by atoms with van der Waals surface area (Å²) in [5, 5.41) is 9.22. The Balaban J connectivity index is 1.74. The van der Waals surface area contributed by atoms with Gasteiger partial charge in [0, 0.05) is 12.5 Å². The van der Waals surface area contributed by atoms with Gasteiger partial charge in [0.25, 0.3) is 0 Å². The summed E-state index contributed by atoms with van der Waals surface area (Å²) in [6, 6.07) is 3.17. The zero-order valence-electron chi connectivity index (χ0n) is 12.0. The van der Waals surface area contributed by atoms with Gasteiger partial charge in [0.1, 0.15) is 6.04 Å². The van der Waals surface area contributed by atoms with E-state index in [0.29, 0.717) is 19.4 Å². The number of carbonyl (C=O) groups excluding carboxylic acids is 1. The summed E-state index contributed by atoms with van der Waals surface area (Å²) in [5.41, 5.74) is 0.210. The molecule has 6 heteroatoms. The zero-order chi connectivity index (χ0) is 15.9. The number of carboxylic acid groups (broad SMARTS) is 1. The lowest BCUT2D eigenvalue weighted by molar-refractivity contribution is -0.152. The Morgan fingerprint density at radius 2 is 2.00 bits per heavy atom. The van der Waals surface area contributed by atoms with Crippen LogP contribution in [-0.2, 0) is 9.59 Å². The normalized spacial score (nSPS) is 27.5. The summed E-state index contributed by atoms with van der Waals surface area (Å²) >= 11 is 0. The molecule has 0 bridgehead atoms. The maximum Gasteiger partial charge on any atom is 0.326 e. The Morgan fingerprint density at radius 3 is 2.73 bits per heavy atom. The molecular weight excluding hydrogens is 292 g/mol. The predicted molar refractivity (Wildman–Crippen MR) is 74.2 cm³/mol. The number of benzene rings is 1. The lowest BCUT2D eigenvalue weighted by atomic mass is 10.0. The van der Waals surface area contributed by atoms with Crippen LogP contribution in [0, 0.1) is 17.6 Å². The Hall–Kier alpha value is -1.98. The van der Waals surface area contributed by atoms with Gasteiger partial charge in [-0.05, 0) is 43.2 Å². The van der Waals surface area contributed by atoms with Crippen molar-refractivity contribution < 1.29 is 23.5 Å². The molecule has 1 aromatic rings. The second kappa shape index (κ2) is 5.66. The van der Waals surface area contributed by atoms with Gasteiger partial charge in [-0.1, -0.05) is 12.1 Å². The first-order valence-electron chi connectivity index (χ1n) is 7.48. The topological polar surface area (TPSA) is 57.6 Å². The van der Waals surface area contributed by atoms with E-state index in [9.17, 15) is 23.5 Å². The van der Waals surface area contributed by atoms with Gasteiger partial charge >= 0.3 is 5.97 Å². The molecular formula is C16H17F2NO3. The first kappa shape index (κ1) is 14.9. The van der Waals surface area contributed by atoms with Gasteiger partial charge in [0.05, 0.1) is 0 Å². The largest absolute Gasteiger partial charge is 0.480 e. The van der Waals surface area contributed by atoms with Crippen molar-refractivity contribution >= 4 is 11.9 Å². The molecule has 1 amide bonds. The molecule has 2 fully saturated rings. The molecule has 3 rings (SSSR count). The molecule has 22 heavy (non-hydrogen) atoms. The Morgan fingerprint density at radius 1 is 1.23 bits per heavy atom. The number of likely N-dealkylation sites (tertiary alicyclic amines) is 1. The van der Waals surface area contributed by atoms with Crippen molar-refractivity contribution in [2.24, 2.45) is 5.92 Å². The molecule has 1 saturated heterocycles. The average Bonchev–Trinajstić information content (AvgIpc) is 3.29. The van der Waals surface area contributed by atoms with E-state index in [0.717, 1.165) is 18.9 Å². The van der Waals surface area contributed by atoms with Crippen LogP contribution >= 0.6 is 0 Å². The summed E-state index contributed by atoms with van der Waals surface area (Å²) in [7, 11) is 0. The fraction of sp³-hybridized carbons (Fsp3) is 0.500. The number of nitrogens with zero attached hydrogens (tertiary/aromatic N) is 1. The molecule has 0 radical (unpaired) electrons. The highest BCUT2D eigenvalue weighted by atomic mass is 19.2. The number of rotatable bonds is 3. The second-order valence-electron chi connectivity index (χ2n) is 5.97. The van der Waals surface area contributed by atoms with Crippen molar-refractivity contribution in [3.05, 3.63) is 35.4 Å². The number of aliphatic carboxylic acids is 1. The fourth-order valence-electron chi connectivity index (χ4n) is 3.28. The third kappa shape index (κ3) is 2.58. The second-order valence-corrected chi connectivity index (χ2v) is 5.97.